The molecule has 1 aromatic rings. The van der Waals surface area contributed by atoms with Gasteiger partial charge in [-0.05, 0) is 49.3 Å². The van der Waals surface area contributed by atoms with Gasteiger partial charge in [0.15, 0.2) is 0 Å². The van der Waals surface area contributed by atoms with Gasteiger partial charge in [-0.3, -0.25) is 4.79 Å². The Hall–Kier alpha value is -1.74. The molecule has 1 aliphatic rings. The highest BCUT2D eigenvalue weighted by molar-refractivity contribution is 7.90. The maximum atomic E-state index is 12.3. The van der Waals surface area contributed by atoms with Crippen molar-refractivity contribution in [3.63, 3.8) is 0 Å². The molecule has 1 aromatic carbocycles. The van der Waals surface area contributed by atoms with Crippen molar-refractivity contribution in [1.29, 1.82) is 0 Å². The van der Waals surface area contributed by atoms with E-state index in [-0.39, 0.29) is 18.3 Å². The zero-order chi connectivity index (χ0) is 20.0. The van der Waals surface area contributed by atoms with Gasteiger partial charge in [0, 0.05) is 19.6 Å². The first-order valence-corrected chi connectivity index (χ1v) is 10.6. The van der Waals surface area contributed by atoms with E-state index in [1.165, 1.54) is 30.1 Å². The first-order valence-electron chi connectivity index (χ1n) is 8.92. The summed E-state index contributed by atoms with van der Waals surface area (Å²) in [6.45, 7) is -0.695. The third-order valence-corrected chi connectivity index (χ3v) is 5.96. The molecule has 0 bridgehead atoms. The minimum absolute atomic E-state index is 0.0100. The van der Waals surface area contributed by atoms with Crippen LogP contribution in [0.4, 0.5) is 8.78 Å². The quantitative estimate of drug-likeness (QED) is 0.723. The van der Waals surface area contributed by atoms with Crippen molar-refractivity contribution in [3.8, 4) is 5.75 Å². The summed E-state index contributed by atoms with van der Waals surface area (Å²) in [7, 11) is -2.25. The monoisotopic (exact) mass is 404 g/mol. The summed E-state index contributed by atoms with van der Waals surface area (Å²) >= 11 is 0. The molecule has 0 spiro atoms. The molecule has 1 fully saturated rings. The molecule has 0 radical (unpaired) electrons. The van der Waals surface area contributed by atoms with E-state index in [4.69, 9.17) is 0 Å². The molecule has 1 aliphatic carbocycles. The predicted octanol–water partition coefficient (Wildman–Crippen LogP) is 2.74. The van der Waals surface area contributed by atoms with E-state index in [0.29, 0.717) is 11.5 Å². The van der Waals surface area contributed by atoms with Gasteiger partial charge in [0.25, 0.3) is 0 Å². The number of ether oxygens (including phenoxy) is 1. The lowest BCUT2D eigenvalue weighted by Crippen LogP contribution is -2.42. The van der Waals surface area contributed by atoms with Crippen LogP contribution >= 0.6 is 0 Å². The molecule has 6 nitrogen and oxygen atoms in total. The Morgan fingerprint density at radius 1 is 1.30 bits per heavy atom. The van der Waals surface area contributed by atoms with Crippen LogP contribution in [0.3, 0.4) is 0 Å². The maximum Gasteiger partial charge on any atom is 0.387 e. The van der Waals surface area contributed by atoms with Gasteiger partial charge in [0.2, 0.25) is 15.9 Å². The van der Waals surface area contributed by atoms with E-state index in [1.54, 1.807) is 6.07 Å². The number of alkyl halides is 2. The number of nitrogens with zero attached hydrogens (tertiary/aromatic N) is 1. The van der Waals surface area contributed by atoms with E-state index < -0.39 is 28.3 Å². The molecule has 27 heavy (non-hydrogen) atoms. The number of amides is 1. The summed E-state index contributed by atoms with van der Waals surface area (Å²) in [6.07, 6.45) is 3.50. The standard InChI is InChI=1S/C18H26F2N2O4S/c1-13-6-8-15(9-7-13)21-27(24,25)12-17(23)22(2)11-14-4-3-5-16(10-14)26-18(19)20/h3-5,10,13,15,18,21H,6-9,11-12H2,1-2H3. The van der Waals surface area contributed by atoms with Gasteiger partial charge >= 0.3 is 6.61 Å². The van der Waals surface area contributed by atoms with E-state index in [0.717, 1.165) is 25.7 Å². The molecule has 1 N–H and O–H groups in total. The van der Waals surface area contributed by atoms with Crippen LogP contribution in [0.25, 0.3) is 0 Å². The number of carbonyl (C=O) groups is 1. The second kappa shape index (κ2) is 9.45. The molecule has 9 heteroatoms. The molecule has 0 unspecified atom stereocenters. The highest BCUT2D eigenvalue weighted by atomic mass is 32.2. The van der Waals surface area contributed by atoms with Crippen molar-refractivity contribution in [2.45, 2.75) is 51.8 Å². The summed E-state index contributed by atoms with van der Waals surface area (Å²) in [5.74, 6) is -0.609. The minimum Gasteiger partial charge on any atom is -0.435 e. The Morgan fingerprint density at radius 3 is 2.59 bits per heavy atom. The Morgan fingerprint density at radius 2 is 1.96 bits per heavy atom. The van der Waals surface area contributed by atoms with Gasteiger partial charge in [-0.25, -0.2) is 13.1 Å². The molecule has 0 aromatic heterocycles. The van der Waals surface area contributed by atoms with Gasteiger partial charge in [-0.1, -0.05) is 19.1 Å². The number of nitrogens with one attached hydrogen (secondary N) is 1. The van der Waals surface area contributed by atoms with Crippen molar-refractivity contribution in [1.82, 2.24) is 9.62 Å². The second-order valence-electron chi connectivity index (χ2n) is 7.11. The minimum atomic E-state index is -3.72. The van der Waals surface area contributed by atoms with Crippen LogP contribution in [0.2, 0.25) is 0 Å². The summed E-state index contributed by atoms with van der Waals surface area (Å²) in [5, 5.41) is 0. The largest absolute Gasteiger partial charge is 0.435 e. The first kappa shape index (κ1) is 21.6. The average Bonchev–Trinajstić information content (AvgIpc) is 2.56. The predicted molar refractivity (Wildman–Crippen MR) is 97.9 cm³/mol. The van der Waals surface area contributed by atoms with Crippen molar-refractivity contribution in [3.05, 3.63) is 29.8 Å². The molecular formula is C18H26F2N2O4S. The van der Waals surface area contributed by atoms with E-state index in [1.807, 2.05) is 0 Å². The van der Waals surface area contributed by atoms with Crippen molar-refractivity contribution in [2.75, 3.05) is 12.8 Å². The van der Waals surface area contributed by atoms with Gasteiger partial charge < -0.3 is 9.64 Å². The van der Waals surface area contributed by atoms with E-state index >= 15 is 0 Å². The number of rotatable bonds is 8. The summed E-state index contributed by atoms with van der Waals surface area (Å²) in [6, 6.07) is 5.85. The summed E-state index contributed by atoms with van der Waals surface area (Å²) < 4.78 is 56.0. The summed E-state index contributed by atoms with van der Waals surface area (Å²) in [5.41, 5.74) is 0.565. The van der Waals surface area contributed by atoms with Crippen LogP contribution in [0, 0.1) is 5.92 Å². The normalized spacial score (nSPS) is 20.5. The third kappa shape index (κ3) is 7.42. The number of carbonyl (C=O) groups excluding carboxylic acids is 1. The van der Waals surface area contributed by atoms with Crippen LogP contribution in [0.5, 0.6) is 5.75 Å². The molecule has 0 saturated heterocycles. The Balaban J connectivity index is 1.89. The number of hydrogen-bond donors (Lipinski definition) is 1. The van der Waals surface area contributed by atoms with E-state index in [2.05, 4.69) is 16.4 Å². The second-order valence-corrected chi connectivity index (χ2v) is 8.86. The molecule has 0 aliphatic heterocycles. The first-order chi connectivity index (χ1) is 12.6. The number of sulfonamides is 1. The number of benzene rings is 1. The van der Waals surface area contributed by atoms with Gasteiger partial charge in [-0.15, -0.1) is 0 Å². The highest BCUT2D eigenvalue weighted by Crippen LogP contribution is 2.24. The lowest BCUT2D eigenvalue weighted by atomic mass is 9.88. The number of halogens is 2. The molecule has 0 heterocycles. The van der Waals surface area contributed by atoms with Crippen molar-refractivity contribution in [2.24, 2.45) is 5.92 Å². The van der Waals surface area contributed by atoms with Crippen molar-refractivity contribution < 1.29 is 26.7 Å². The summed E-state index contributed by atoms with van der Waals surface area (Å²) in [4.78, 5) is 13.5. The smallest absolute Gasteiger partial charge is 0.387 e. The van der Waals surface area contributed by atoms with Gasteiger partial charge in [0.1, 0.15) is 11.5 Å². The fourth-order valence-corrected chi connectivity index (χ4v) is 4.50. The topological polar surface area (TPSA) is 75.7 Å². The van der Waals surface area contributed by atoms with E-state index in [9.17, 15) is 22.0 Å². The SMILES string of the molecule is CC1CCC(NS(=O)(=O)CC(=O)N(C)Cc2cccc(OC(F)F)c2)CC1. The Bertz CT molecular complexity index is 735. The van der Waals surface area contributed by atoms with Gasteiger partial charge in [-0.2, -0.15) is 8.78 Å². The molecule has 2 rings (SSSR count). The van der Waals surface area contributed by atoms with Crippen LogP contribution in [0.15, 0.2) is 24.3 Å². The van der Waals surface area contributed by atoms with Crippen LogP contribution in [-0.4, -0.2) is 44.7 Å². The molecule has 152 valence electrons. The molecular weight excluding hydrogens is 378 g/mol. The lowest BCUT2D eigenvalue weighted by Gasteiger charge is -2.27. The molecule has 1 amide bonds. The maximum absolute atomic E-state index is 12.3. The Kier molecular flexibility index (Phi) is 7.55. The zero-order valence-corrected chi connectivity index (χ0v) is 16.3. The van der Waals surface area contributed by atoms with Crippen molar-refractivity contribution >= 4 is 15.9 Å². The van der Waals surface area contributed by atoms with Gasteiger partial charge in [0.05, 0.1) is 0 Å². The van der Waals surface area contributed by atoms with Crippen LogP contribution in [0.1, 0.15) is 38.2 Å². The van der Waals surface area contributed by atoms with Crippen LogP contribution < -0.4 is 9.46 Å². The molecule has 0 atom stereocenters. The average molecular weight is 404 g/mol. The number of hydrogen-bond acceptors (Lipinski definition) is 4. The third-order valence-electron chi connectivity index (χ3n) is 4.64. The fraction of sp³-hybridized carbons (Fsp3) is 0.611. The fourth-order valence-electron chi connectivity index (χ4n) is 3.13. The molecule has 1 saturated carbocycles. The zero-order valence-electron chi connectivity index (χ0n) is 15.5. The van der Waals surface area contributed by atoms with Crippen LogP contribution in [-0.2, 0) is 21.4 Å². The Labute approximate surface area is 158 Å². The highest BCUT2D eigenvalue weighted by Gasteiger charge is 2.26. The lowest BCUT2D eigenvalue weighted by molar-refractivity contribution is -0.127.